The average molecular weight is 546 g/mol. The number of likely N-dealkylation sites (tertiary alicyclic amines) is 1. The predicted molar refractivity (Wildman–Crippen MR) is 150 cm³/mol. The van der Waals surface area contributed by atoms with Crippen LogP contribution in [0.15, 0.2) is 73.1 Å². The number of carbonyl (C=O) groups is 3. The molecule has 1 fully saturated rings. The van der Waals surface area contributed by atoms with E-state index in [1.165, 1.54) is 16.2 Å². The summed E-state index contributed by atoms with van der Waals surface area (Å²) in [5.74, 6) is -0.237. The Morgan fingerprint density at radius 2 is 1.72 bits per heavy atom. The van der Waals surface area contributed by atoms with Crippen LogP contribution in [0.5, 0.6) is 0 Å². The number of amides is 3. The average Bonchev–Trinajstić information content (AvgIpc) is 3.62. The molecular weight excluding hydrogens is 514 g/mol. The Balaban J connectivity index is 1.31. The number of thiazole rings is 1. The highest BCUT2D eigenvalue weighted by Crippen LogP contribution is 2.30. The molecule has 0 spiro atoms. The number of benzene rings is 2. The quantitative estimate of drug-likeness (QED) is 0.344. The van der Waals surface area contributed by atoms with Gasteiger partial charge in [-0.05, 0) is 44.7 Å². The van der Waals surface area contributed by atoms with Crippen molar-refractivity contribution < 1.29 is 19.1 Å². The summed E-state index contributed by atoms with van der Waals surface area (Å²) in [6.45, 7) is 5.69. The highest BCUT2D eigenvalue weighted by atomic mass is 32.1. The Morgan fingerprint density at radius 3 is 2.38 bits per heavy atom. The molecule has 9 nitrogen and oxygen atoms in total. The summed E-state index contributed by atoms with van der Waals surface area (Å²) in [5.41, 5.74) is 1.000. The van der Waals surface area contributed by atoms with Crippen LogP contribution in [0.3, 0.4) is 0 Å². The number of nitrogens with one attached hydrogen (secondary N) is 2. The van der Waals surface area contributed by atoms with Crippen molar-refractivity contribution in [2.24, 2.45) is 0 Å². The fraction of sp³-hybridized carbons (Fsp3) is 0.310. The number of anilines is 1. The lowest BCUT2D eigenvalue weighted by Crippen LogP contribution is -2.49. The van der Waals surface area contributed by atoms with Crippen LogP contribution in [0, 0.1) is 0 Å². The molecule has 2 aromatic heterocycles. The fourth-order valence-corrected chi connectivity index (χ4v) is 5.60. The van der Waals surface area contributed by atoms with Crippen molar-refractivity contribution >= 4 is 40.0 Å². The number of fused-ring (bicyclic) bond motifs is 1. The van der Waals surface area contributed by atoms with Crippen LogP contribution in [0.25, 0.3) is 15.4 Å². The van der Waals surface area contributed by atoms with Gasteiger partial charge in [0.25, 0.3) is 5.91 Å². The van der Waals surface area contributed by atoms with Crippen LogP contribution in [0.2, 0.25) is 0 Å². The van der Waals surface area contributed by atoms with E-state index in [9.17, 15) is 14.4 Å². The summed E-state index contributed by atoms with van der Waals surface area (Å²) >= 11 is 1.53. The summed E-state index contributed by atoms with van der Waals surface area (Å²) in [5, 5.41) is 5.59. The molecule has 1 aliphatic heterocycles. The molecule has 2 atom stereocenters. The van der Waals surface area contributed by atoms with E-state index in [0.717, 1.165) is 15.4 Å². The third kappa shape index (κ3) is 6.12. The van der Waals surface area contributed by atoms with Gasteiger partial charge in [-0.2, -0.15) is 0 Å². The zero-order valence-corrected chi connectivity index (χ0v) is 22.9. The summed E-state index contributed by atoms with van der Waals surface area (Å²) in [6, 6.07) is 17.4. The van der Waals surface area contributed by atoms with Gasteiger partial charge in [0.05, 0.1) is 11.1 Å². The van der Waals surface area contributed by atoms with Crippen molar-refractivity contribution in [1.82, 2.24) is 19.6 Å². The van der Waals surface area contributed by atoms with Gasteiger partial charge in [0, 0.05) is 12.7 Å². The Kier molecular flexibility index (Phi) is 7.38. The Hall–Kier alpha value is -4.18. The van der Waals surface area contributed by atoms with Gasteiger partial charge in [0.2, 0.25) is 5.91 Å². The molecule has 2 N–H and O–H groups in total. The predicted octanol–water partition coefficient (Wildman–Crippen LogP) is 5.26. The normalized spacial score (nSPS) is 16.2. The van der Waals surface area contributed by atoms with Crippen LogP contribution in [-0.4, -0.2) is 50.4 Å². The molecule has 0 unspecified atom stereocenters. The zero-order valence-electron chi connectivity index (χ0n) is 22.1. The second kappa shape index (κ2) is 10.9. The smallest absolute Gasteiger partial charge is 0.408 e. The van der Waals surface area contributed by atoms with Gasteiger partial charge in [-0.1, -0.05) is 72.0 Å². The third-order valence-corrected chi connectivity index (χ3v) is 7.39. The van der Waals surface area contributed by atoms with Gasteiger partial charge in [-0.15, -0.1) is 0 Å². The number of aromatic nitrogens is 2. The highest BCUT2D eigenvalue weighted by molar-refractivity contribution is 7.20. The van der Waals surface area contributed by atoms with Crippen molar-refractivity contribution in [2.75, 3.05) is 11.9 Å². The molecule has 3 amide bonds. The summed E-state index contributed by atoms with van der Waals surface area (Å²) in [6.07, 6.45) is 4.25. The van der Waals surface area contributed by atoms with Gasteiger partial charge in [-0.3, -0.25) is 14.0 Å². The van der Waals surface area contributed by atoms with Gasteiger partial charge in [0.15, 0.2) is 10.8 Å². The first kappa shape index (κ1) is 26.4. The molecule has 0 bridgehead atoms. The molecule has 2 aromatic carbocycles. The van der Waals surface area contributed by atoms with Crippen LogP contribution in [0.4, 0.5) is 10.6 Å². The lowest BCUT2D eigenvalue weighted by molar-refractivity contribution is -0.138. The SMILES string of the molecule is CC(C)(C)OC(=O)N[C@@H](C(=O)N1CCC[C@H]1C(=O)Nc1cn2cc(-c3ccccc3)sc2n1)c1ccccc1. The van der Waals surface area contributed by atoms with Crippen molar-refractivity contribution in [3.05, 3.63) is 78.6 Å². The van der Waals surface area contributed by atoms with E-state index in [-0.39, 0.29) is 11.8 Å². The number of carbonyl (C=O) groups excluding carboxylic acids is 3. The summed E-state index contributed by atoms with van der Waals surface area (Å²) in [4.78, 5) is 47.6. The molecule has 0 aliphatic carbocycles. The number of rotatable bonds is 6. The number of hydrogen-bond acceptors (Lipinski definition) is 6. The van der Waals surface area contributed by atoms with Gasteiger partial charge < -0.3 is 20.3 Å². The zero-order chi connectivity index (χ0) is 27.6. The van der Waals surface area contributed by atoms with Crippen LogP contribution >= 0.6 is 11.3 Å². The maximum Gasteiger partial charge on any atom is 0.408 e. The fourth-order valence-electron chi connectivity index (χ4n) is 4.63. The number of imidazole rings is 1. The minimum Gasteiger partial charge on any atom is -0.444 e. The first-order valence-electron chi connectivity index (χ1n) is 12.9. The van der Waals surface area contributed by atoms with Crippen LogP contribution in [0.1, 0.15) is 45.2 Å². The minimum absolute atomic E-state index is 0.307. The van der Waals surface area contributed by atoms with E-state index in [1.807, 2.05) is 47.0 Å². The molecule has 5 rings (SSSR count). The highest BCUT2D eigenvalue weighted by Gasteiger charge is 2.39. The molecule has 39 heavy (non-hydrogen) atoms. The van der Waals surface area contributed by atoms with Crippen molar-refractivity contribution in [1.29, 1.82) is 0 Å². The summed E-state index contributed by atoms with van der Waals surface area (Å²) in [7, 11) is 0. The van der Waals surface area contributed by atoms with Gasteiger partial charge >= 0.3 is 6.09 Å². The Bertz CT molecular complexity index is 1440. The van der Waals surface area contributed by atoms with Crippen LogP contribution in [-0.2, 0) is 14.3 Å². The second-order valence-corrected chi connectivity index (χ2v) is 11.5. The number of nitrogens with zero attached hydrogens (tertiary/aromatic N) is 3. The van der Waals surface area contributed by atoms with E-state index in [2.05, 4.69) is 15.6 Å². The Labute approximate surface area is 230 Å². The second-order valence-electron chi connectivity index (χ2n) is 10.4. The molecular formula is C29H31N5O4S. The number of alkyl carbamates (subject to hydrolysis) is 1. The first-order valence-corrected chi connectivity index (χ1v) is 13.7. The van der Waals surface area contributed by atoms with E-state index in [4.69, 9.17) is 4.74 Å². The topological polar surface area (TPSA) is 105 Å². The molecule has 3 heterocycles. The van der Waals surface area contributed by atoms with Gasteiger partial charge in [0.1, 0.15) is 17.7 Å². The van der Waals surface area contributed by atoms with E-state index in [1.54, 1.807) is 51.2 Å². The molecule has 1 saturated heterocycles. The summed E-state index contributed by atoms with van der Waals surface area (Å²) < 4.78 is 7.29. The van der Waals surface area contributed by atoms with E-state index in [0.29, 0.717) is 30.8 Å². The van der Waals surface area contributed by atoms with Crippen LogP contribution < -0.4 is 10.6 Å². The van der Waals surface area contributed by atoms with Crippen molar-refractivity contribution in [2.45, 2.75) is 51.3 Å². The first-order chi connectivity index (χ1) is 18.7. The monoisotopic (exact) mass is 545 g/mol. The van der Waals surface area contributed by atoms with E-state index < -0.39 is 23.8 Å². The number of hydrogen-bond donors (Lipinski definition) is 2. The molecule has 0 saturated carbocycles. The maximum absolute atomic E-state index is 13.7. The minimum atomic E-state index is -0.983. The molecule has 202 valence electrons. The standard InChI is InChI=1S/C29H31N5O4S/c1-29(2,3)38-28(37)32-24(20-13-8-5-9-14-20)26(36)34-16-10-15-21(34)25(35)30-23-18-33-17-22(39-27(33)31-23)19-11-6-4-7-12-19/h4-9,11-14,17-18,21,24H,10,15-16H2,1-3H3,(H,30,35)(H,32,37)/t21-,24+/m0/s1. The molecule has 0 radical (unpaired) electrons. The van der Waals surface area contributed by atoms with Crippen molar-refractivity contribution in [3.63, 3.8) is 0 Å². The molecule has 1 aliphatic rings. The van der Waals surface area contributed by atoms with Crippen molar-refractivity contribution in [3.8, 4) is 10.4 Å². The maximum atomic E-state index is 13.7. The lowest BCUT2D eigenvalue weighted by Gasteiger charge is -2.29. The van der Waals surface area contributed by atoms with Gasteiger partial charge in [-0.25, -0.2) is 9.78 Å². The molecule has 4 aromatic rings. The number of ether oxygens (including phenoxy) is 1. The largest absolute Gasteiger partial charge is 0.444 e. The van der Waals surface area contributed by atoms with E-state index >= 15 is 0 Å². The third-order valence-electron chi connectivity index (χ3n) is 6.34. The Morgan fingerprint density at radius 1 is 1.03 bits per heavy atom. The molecule has 10 heteroatoms. The lowest BCUT2D eigenvalue weighted by atomic mass is 10.0.